The van der Waals surface area contributed by atoms with Gasteiger partial charge in [-0.05, 0) is 41.6 Å². The van der Waals surface area contributed by atoms with E-state index in [-0.39, 0.29) is 0 Å². The monoisotopic (exact) mass is 332 g/mol. The van der Waals surface area contributed by atoms with Crippen LogP contribution in [0.4, 0.5) is 5.69 Å². The molecule has 0 radical (unpaired) electrons. The molecule has 0 saturated carbocycles. The Morgan fingerprint density at radius 3 is 2.48 bits per heavy atom. The smallest absolute Gasteiger partial charge is 0.313 e. The molecule has 2 rings (SSSR count). The predicted molar refractivity (Wildman–Crippen MR) is 91.6 cm³/mol. The Labute approximate surface area is 139 Å². The van der Waals surface area contributed by atoms with Crippen molar-refractivity contribution in [2.45, 2.75) is 20.4 Å². The molecule has 0 aliphatic carbocycles. The van der Waals surface area contributed by atoms with Gasteiger partial charge in [-0.15, -0.1) is 11.3 Å². The van der Waals surface area contributed by atoms with Crippen LogP contribution >= 0.6 is 11.3 Å². The Balaban J connectivity index is 1.80. The molecule has 0 aliphatic heterocycles. The van der Waals surface area contributed by atoms with E-state index in [1.54, 1.807) is 24.3 Å². The van der Waals surface area contributed by atoms with Crippen LogP contribution in [-0.2, 0) is 16.1 Å². The highest BCUT2D eigenvalue weighted by atomic mass is 32.1. The fraction of sp³-hybridized carbons (Fsp3) is 0.294. The third-order valence-electron chi connectivity index (χ3n) is 2.91. The van der Waals surface area contributed by atoms with E-state index in [2.05, 4.69) is 24.5 Å². The minimum absolute atomic E-state index is 0.353. The molecule has 0 unspecified atom stereocenters. The number of carbonyl (C=O) groups excluding carboxylic acids is 2. The van der Waals surface area contributed by atoms with Gasteiger partial charge in [0.25, 0.3) is 0 Å². The first kappa shape index (κ1) is 17.0. The van der Waals surface area contributed by atoms with Crippen LogP contribution in [0.5, 0.6) is 5.75 Å². The Morgan fingerprint density at radius 2 is 1.87 bits per heavy atom. The second kappa shape index (κ2) is 8.33. The average Bonchev–Trinajstić information content (AvgIpc) is 3.05. The summed E-state index contributed by atoms with van der Waals surface area (Å²) < 4.78 is 5.56. The van der Waals surface area contributed by atoms with E-state index in [4.69, 9.17) is 4.74 Å². The number of amides is 2. The molecule has 23 heavy (non-hydrogen) atoms. The molecule has 0 fully saturated rings. The summed E-state index contributed by atoms with van der Waals surface area (Å²) in [5.74, 6) is -0.156. The third kappa shape index (κ3) is 5.75. The first-order valence-corrected chi connectivity index (χ1v) is 8.27. The molecule has 0 saturated heterocycles. The molecule has 1 aromatic carbocycles. The SMILES string of the molecule is CC(C)COc1ccc(NC(=O)C(=O)NCc2cccs2)cc1. The van der Waals surface area contributed by atoms with E-state index in [0.717, 1.165) is 10.6 Å². The van der Waals surface area contributed by atoms with Crippen LogP contribution in [0.15, 0.2) is 41.8 Å². The van der Waals surface area contributed by atoms with Crippen LogP contribution in [0, 0.1) is 5.92 Å². The summed E-state index contributed by atoms with van der Waals surface area (Å²) in [7, 11) is 0. The Hall–Kier alpha value is -2.34. The summed E-state index contributed by atoms with van der Waals surface area (Å²) in [6.07, 6.45) is 0. The zero-order chi connectivity index (χ0) is 16.7. The standard InChI is InChI=1S/C17H20N2O3S/c1-12(2)11-22-14-7-5-13(6-8-14)19-17(21)16(20)18-10-15-4-3-9-23-15/h3-9,12H,10-11H2,1-2H3,(H,18,20)(H,19,21). The first-order valence-electron chi connectivity index (χ1n) is 7.39. The van der Waals surface area contributed by atoms with E-state index >= 15 is 0 Å². The topological polar surface area (TPSA) is 67.4 Å². The maximum atomic E-state index is 11.8. The van der Waals surface area contributed by atoms with Crippen molar-refractivity contribution in [1.82, 2.24) is 5.32 Å². The lowest BCUT2D eigenvalue weighted by Gasteiger charge is -2.10. The number of hydrogen-bond donors (Lipinski definition) is 2. The lowest BCUT2D eigenvalue weighted by Crippen LogP contribution is -2.34. The minimum Gasteiger partial charge on any atom is -0.493 e. The van der Waals surface area contributed by atoms with Crippen molar-refractivity contribution in [2.24, 2.45) is 5.92 Å². The van der Waals surface area contributed by atoms with Crippen molar-refractivity contribution in [2.75, 3.05) is 11.9 Å². The third-order valence-corrected chi connectivity index (χ3v) is 3.78. The molecule has 5 nitrogen and oxygen atoms in total. The van der Waals surface area contributed by atoms with Crippen molar-refractivity contribution in [3.8, 4) is 5.75 Å². The molecule has 6 heteroatoms. The highest BCUT2D eigenvalue weighted by molar-refractivity contribution is 7.09. The van der Waals surface area contributed by atoms with Crippen LogP contribution in [0.1, 0.15) is 18.7 Å². The summed E-state index contributed by atoms with van der Waals surface area (Å²) in [5.41, 5.74) is 0.554. The summed E-state index contributed by atoms with van der Waals surface area (Å²) in [5, 5.41) is 7.07. The van der Waals surface area contributed by atoms with Crippen molar-refractivity contribution in [3.05, 3.63) is 46.7 Å². The number of hydrogen-bond acceptors (Lipinski definition) is 4. The second-order valence-electron chi connectivity index (χ2n) is 5.45. The lowest BCUT2D eigenvalue weighted by atomic mass is 10.2. The molecular weight excluding hydrogens is 312 g/mol. The number of benzene rings is 1. The van der Waals surface area contributed by atoms with Gasteiger partial charge in [0.1, 0.15) is 5.75 Å². The molecule has 2 aromatic rings. The zero-order valence-corrected chi connectivity index (χ0v) is 14.0. The van der Waals surface area contributed by atoms with Crippen LogP contribution in [0.3, 0.4) is 0 Å². The minimum atomic E-state index is -0.683. The Bertz CT molecular complexity index is 636. The molecule has 1 aromatic heterocycles. The number of rotatable bonds is 6. The number of thiophene rings is 1. The van der Waals surface area contributed by atoms with E-state index in [9.17, 15) is 9.59 Å². The zero-order valence-electron chi connectivity index (χ0n) is 13.2. The molecule has 0 spiro atoms. The Morgan fingerprint density at radius 1 is 1.13 bits per heavy atom. The van der Waals surface area contributed by atoms with Gasteiger partial charge in [-0.25, -0.2) is 0 Å². The van der Waals surface area contributed by atoms with Crippen molar-refractivity contribution >= 4 is 28.8 Å². The van der Waals surface area contributed by atoms with Gasteiger partial charge in [0.2, 0.25) is 0 Å². The van der Waals surface area contributed by atoms with Crippen molar-refractivity contribution < 1.29 is 14.3 Å². The fourth-order valence-electron chi connectivity index (χ4n) is 1.75. The highest BCUT2D eigenvalue weighted by Crippen LogP contribution is 2.16. The average molecular weight is 332 g/mol. The van der Waals surface area contributed by atoms with Crippen LogP contribution in [-0.4, -0.2) is 18.4 Å². The highest BCUT2D eigenvalue weighted by Gasteiger charge is 2.13. The van der Waals surface area contributed by atoms with Crippen LogP contribution < -0.4 is 15.4 Å². The van der Waals surface area contributed by atoms with Gasteiger partial charge in [-0.1, -0.05) is 19.9 Å². The van der Waals surface area contributed by atoms with Crippen molar-refractivity contribution in [3.63, 3.8) is 0 Å². The molecule has 0 aliphatic rings. The number of ether oxygens (including phenoxy) is 1. The summed E-state index contributed by atoms with van der Waals surface area (Å²) in [6, 6.07) is 10.7. The molecule has 0 atom stereocenters. The molecule has 122 valence electrons. The molecule has 2 amide bonds. The molecule has 0 bridgehead atoms. The van der Waals surface area contributed by atoms with Gasteiger partial charge in [-0.2, -0.15) is 0 Å². The normalized spacial score (nSPS) is 10.4. The molecule has 2 N–H and O–H groups in total. The first-order chi connectivity index (χ1) is 11.0. The number of carbonyl (C=O) groups is 2. The van der Waals surface area contributed by atoms with Gasteiger partial charge >= 0.3 is 11.8 Å². The summed E-state index contributed by atoms with van der Waals surface area (Å²) >= 11 is 1.53. The van der Waals surface area contributed by atoms with E-state index < -0.39 is 11.8 Å². The van der Waals surface area contributed by atoms with Gasteiger partial charge in [-0.3, -0.25) is 9.59 Å². The van der Waals surface area contributed by atoms with E-state index in [0.29, 0.717) is 24.8 Å². The van der Waals surface area contributed by atoms with E-state index in [1.807, 2.05) is 17.5 Å². The maximum Gasteiger partial charge on any atom is 0.313 e. The molecular formula is C17H20N2O3S. The predicted octanol–water partition coefficient (Wildman–Crippen LogP) is 3.04. The molecule has 1 heterocycles. The van der Waals surface area contributed by atoms with Crippen molar-refractivity contribution in [1.29, 1.82) is 0 Å². The quantitative estimate of drug-likeness (QED) is 0.799. The largest absolute Gasteiger partial charge is 0.493 e. The van der Waals surface area contributed by atoms with Gasteiger partial charge < -0.3 is 15.4 Å². The van der Waals surface area contributed by atoms with E-state index in [1.165, 1.54) is 11.3 Å². The summed E-state index contributed by atoms with van der Waals surface area (Å²) in [6.45, 7) is 5.13. The Kier molecular flexibility index (Phi) is 6.17. The van der Waals surface area contributed by atoms with Gasteiger partial charge in [0.05, 0.1) is 13.2 Å². The summed E-state index contributed by atoms with van der Waals surface area (Å²) in [4.78, 5) is 24.6. The number of anilines is 1. The van der Waals surface area contributed by atoms with Crippen LogP contribution in [0.25, 0.3) is 0 Å². The van der Waals surface area contributed by atoms with Crippen LogP contribution in [0.2, 0.25) is 0 Å². The lowest BCUT2D eigenvalue weighted by molar-refractivity contribution is -0.136. The van der Waals surface area contributed by atoms with Gasteiger partial charge in [0.15, 0.2) is 0 Å². The fourth-order valence-corrected chi connectivity index (χ4v) is 2.39. The number of nitrogens with one attached hydrogen (secondary N) is 2. The maximum absolute atomic E-state index is 11.8. The second-order valence-corrected chi connectivity index (χ2v) is 6.48. The van der Waals surface area contributed by atoms with Gasteiger partial charge in [0, 0.05) is 10.6 Å².